The van der Waals surface area contributed by atoms with E-state index in [2.05, 4.69) is 21.4 Å². The summed E-state index contributed by atoms with van der Waals surface area (Å²) in [6.45, 7) is 0. The van der Waals surface area contributed by atoms with Gasteiger partial charge in [-0.05, 0) is 24.3 Å². The third-order valence-electron chi connectivity index (χ3n) is 2.33. The zero-order valence-electron chi connectivity index (χ0n) is 8.39. The lowest BCUT2D eigenvalue weighted by molar-refractivity contribution is 0.878. The van der Waals surface area contributed by atoms with Crippen LogP contribution >= 0.6 is 34.7 Å². The maximum Gasteiger partial charge on any atom is 0.134 e. The second-order valence-corrected chi connectivity index (χ2v) is 6.35. The molecule has 2 nitrogen and oxygen atoms in total. The van der Waals surface area contributed by atoms with Gasteiger partial charge in [0.2, 0.25) is 0 Å². The highest BCUT2D eigenvalue weighted by Gasteiger charge is 2.27. The first-order chi connectivity index (χ1) is 7.81. The number of halogens is 1. The maximum absolute atomic E-state index is 6.00. The fraction of sp³-hybridized carbons (Fsp3) is 0.273. The fourth-order valence-electron chi connectivity index (χ4n) is 1.41. The standard InChI is InChI=1S/C11H9ClN2S2/c12-8-6-9(16-10-2-1-5-15-10)14-11(13-8)7-3-4-7/h1-2,5-7H,3-4H2. The lowest BCUT2D eigenvalue weighted by Crippen LogP contribution is -1.93. The summed E-state index contributed by atoms with van der Waals surface area (Å²) in [6, 6.07) is 5.96. The van der Waals surface area contributed by atoms with Gasteiger partial charge in [0.1, 0.15) is 16.0 Å². The van der Waals surface area contributed by atoms with Crippen LogP contribution in [0.25, 0.3) is 0 Å². The van der Waals surface area contributed by atoms with Gasteiger partial charge in [0.15, 0.2) is 0 Å². The van der Waals surface area contributed by atoms with Gasteiger partial charge < -0.3 is 0 Å². The van der Waals surface area contributed by atoms with Crippen LogP contribution in [0.1, 0.15) is 24.6 Å². The monoisotopic (exact) mass is 268 g/mol. The van der Waals surface area contributed by atoms with Crippen molar-refractivity contribution in [3.8, 4) is 0 Å². The summed E-state index contributed by atoms with van der Waals surface area (Å²) in [4.78, 5) is 8.81. The molecule has 0 N–H and O–H groups in total. The first kappa shape index (κ1) is 10.6. The van der Waals surface area contributed by atoms with Gasteiger partial charge in [0.05, 0.1) is 4.21 Å². The highest BCUT2D eigenvalue weighted by Crippen LogP contribution is 2.40. The number of thiophene rings is 1. The van der Waals surface area contributed by atoms with Gasteiger partial charge in [0.25, 0.3) is 0 Å². The minimum Gasteiger partial charge on any atom is -0.226 e. The van der Waals surface area contributed by atoms with Crippen LogP contribution < -0.4 is 0 Å². The van der Waals surface area contributed by atoms with Crippen molar-refractivity contribution < 1.29 is 0 Å². The van der Waals surface area contributed by atoms with Crippen molar-refractivity contribution in [3.05, 3.63) is 34.6 Å². The Labute approximate surface area is 107 Å². The van der Waals surface area contributed by atoms with Crippen molar-refractivity contribution in [1.29, 1.82) is 0 Å². The quantitative estimate of drug-likeness (QED) is 0.780. The van der Waals surface area contributed by atoms with Gasteiger partial charge >= 0.3 is 0 Å². The highest BCUT2D eigenvalue weighted by molar-refractivity contribution is 8.01. The second-order valence-electron chi connectivity index (χ2n) is 3.70. The Kier molecular flexibility index (Phi) is 2.88. The Hall–Kier alpha value is -0.580. The molecule has 0 amide bonds. The maximum atomic E-state index is 6.00. The van der Waals surface area contributed by atoms with Crippen LogP contribution in [0.5, 0.6) is 0 Å². The lowest BCUT2D eigenvalue weighted by Gasteiger charge is -2.02. The van der Waals surface area contributed by atoms with Gasteiger partial charge in [-0.3, -0.25) is 0 Å². The minimum atomic E-state index is 0.543. The van der Waals surface area contributed by atoms with Crippen molar-refractivity contribution in [2.75, 3.05) is 0 Å². The van der Waals surface area contributed by atoms with Crippen molar-refractivity contribution in [3.63, 3.8) is 0 Å². The summed E-state index contributed by atoms with van der Waals surface area (Å²) >= 11 is 9.36. The van der Waals surface area contributed by atoms with Crippen molar-refractivity contribution in [1.82, 2.24) is 9.97 Å². The number of nitrogens with zero attached hydrogens (tertiary/aromatic N) is 2. The van der Waals surface area contributed by atoms with E-state index in [9.17, 15) is 0 Å². The van der Waals surface area contributed by atoms with Gasteiger partial charge in [-0.15, -0.1) is 11.3 Å². The van der Waals surface area contributed by atoms with E-state index in [0.717, 1.165) is 10.9 Å². The molecule has 1 fully saturated rings. The Morgan fingerprint density at radius 3 is 2.94 bits per heavy atom. The van der Waals surface area contributed by atoms with E-state index in [0.29, 0.717) is 11.1 Å². The molecule has 1 aliphatic rings. The molecule has 1 saturated carbocycles. The molecule has 82 valence electrons. The number of hydrogen-bond acceptors (Lipinski definition) is 4. The predicted octanol–water partition coefficient (Wildman–Crippen LogP) is 4.22. The first-order valence-corrected chi connectivity index (χ1v) is 7.14. The molecule has 2 aromatic rings. The van der Waals surface area contributed by atoms with Crippen LogP contribution in [0.15, 0.2) is 32.8 Å². The third-order valence-corrected chi connectivity index (χ3v) is 4.48. The topological polar surface area (TPSA) is 25.8 Å². The van der Waals surface area contributed by atoms with Gasteiger partial charge in [-0.1, -0.05) is 29.4 Å². The molecule has 0 atom stereocenters. The van der Waals surface area contributed by atoms with Crippen LogP contribution in [-0.4, -0.2) is 9.97 Å². The summed E-state index contributed by atoms with van der Waals surface area (Å²) < 4.78 is 1.23. The molecular weight excluding hydrogens is 260 g/mol. The second kappa shape index (κ2) is 4.35. The van der Waals surface area contributed by atoms with Crippen LogP contribution in [-0.2, 0) is 0 Å². The van der Waals surface area contributed by atoms with E-state index in [1.54, 1.807) is 23.1 Å². The van der Waals surface area contributed by atoms with Gasteiger partial charge in [-0.2, -0.15) is 0 Å². The molecule has 16 heavy (non-hydrogen) atoms. The predicted molar refractivity (Wildman–Crippen MR) is 67.5 cm³/mol. The SMILES string of the molecule is Clc1cc(Sc2cccs2)nc(C2CC2)n1. The summed E-state index contributed by atoms with van der Waals surface area (Å²) in [7, 11) is 0. The van der Waals surface area contributed by atoms with E-state index in [-0.39, 0.29) is 0 Å². The van der Waals surface area contributed by atoms with E-state index in [4.69, 9.17) is 11.6 Å². The van der Waals surface area contributed by atoms with Crippen molar-refractivity contribution in [2.24, 2.45) is 0 Å². The van der Waals surface area contributed by atoms with Crippen molar-refractivity contribution >= 4 is 34.7 Å². The molecule has 0 bridgehead atoms. The third kappa shape index (κ3) is 2.39. The fourth-order valence-corrected chi connectivity index (χ4v) is 3.40. The molecule has 0 unspecified atom stereocenters. The number of hydrogen-bond donors (Lipinski definition) is 0. The molecular formula is C11H9ClN2S2. The summed E-state index contributed by atoms with van der Waals surface area (Å²) in [5.41, 5.74) is 0. The number of rotatable bonds is 3. The molecule has 1 aliphatic carbocycles. The molecule has 0 saturated heterocycles. The number of aromatic nitrogens is 2. The van der Waals surface area contributed by atoms with Gasteiger partial charge in [-0.25, -0.2) is 9.97 Å². The van der Waals surface area contributed by atoms with Gasteiger partial charge in [0, 0.05) is 12.0 Å². The van der Waals surface area contributed by atoms with Crippen molar-refractivity contribution in [2.45, 2.75) is 28.0 Å². The largest absolute Gasteiger partial charge is 0.226 e. The van der Waals surface area contributed by atoms with Crippen LogP contribution in [0, 0.1) is 0 Å². The Bertz CT molecular complexity index is 495. The Balaban J connectivity index is 1.88. The zero-order valence-corrected chi connectivity index (χ0v) is 10.8. The molecule has 0 radical (unpaired) electrons. The molecule has 2 heterocycles. The molecule has 2 aromatic heterocycles. The van der Waals surface area contributed by atoms with E-state index in [1.807, 2.05) is 12.1 Å². The first-order valence-electron chi connectivity index (χ1n) is 5.07. The summed E-state index contributed by atoms with van der Waals surface area (Å²) in [5, 5.41) is 3.56. The normalized spacial score (nSPS) is 15.3. The highest BCUT2D eigenvalue weighted by atomic mass is 35.5. The molecule has 0 aliphatic heterocycles. The average Bonchev–Trinajstić information content (AvgIpc) is 2.98. The molecule has 0 aromatic carbocycles. The summed E-state index contributed by atoms with van der Waals surface area (Å²) in [5.74, 6) is 1.45. The van der Waals surface area contributed by atoms with E-state index < -0.39 is 0 Å². The molecule has 5 heteroatoms. The van der Waals surface area contributed by atoms with Crippen LogP contribution in [0.3, 0.4) is 0 Å². The molecule has 3 rings (SSSR count). The minimum absolute atomic E-state index is 0.543. The Morgan fingerprint density at radius 1 is 1.38 bits per heavy atom. The van der Waals surface area contributed by atoms with E-state index in [1.165, 1.54) is 17.1 Å². The Morgan fingerprint density at radius 2 is 2.25 bits per heavy atom. The zero-order chi connectivity index (χ0) is 11.0. The van der Waals surface area contributed by atoms with Crippen LogP contribution in [0.4, 0.5) is 0 Å². The van der Waals surface area contributed by atoms with E-state index >= 15 is 0 Å². The smallest absolute Gasteiger partial charge is 0.134 e. The lowest BCUT2D eigenvalue weighted by atomic mass is 10.4. The average molecular weight is 269 g/mol. The summed E-state index contributed by atoms with van der Waals surface area (Å²) in [6.07, 6.45) is 2.40. The molecule has 0 spiro atoms. The van der Waals surface area contributed by atoms with Crippen LogP contribution in [0.2, 0.25) is 5.15 Å².